The van der Waals surface area contributed by atoms with Crippen LogP contribution in [0.4, 0.5) is 0 Å². The zero-order valence-corrected chi connectivity index (χ0v) is 15.8. The van der Waals surface area contributed by atoms with Gasteiger partial charge in [-0.3, -0.25) is 4.79 Å². The smallest absolute Gasteiger partial charge is 0.353 e. The second kappa shape index (κ2) is 8.19. The Balaban J connectivity index is 2.10. The SMILES string of the molecule is CNCCN(C)C(=O)C1CCC(c2ccn(S(N)(=O)=O)c2C(=O)O)CC1. The van der Waals surface area contributed by atoms with Gasteiger partial charge in [-0.05, 0) is 50.3 Å². The zero-order valence-electron chi connectivity index (χ0n) is 15.0. The number of aromatic nitrogens is 1. The third-order valence-electron chi connectivity index (χ3n) is 4.95. The van der Waals surface area contributed by atoms with Crippen LogP contribution in [0.25, 0.3) is 0 Å². The van der Waals surface area contributed by atoms with Crippen LogP contribution in [0.5, 0.6) is 0 Å². The molecule has 1 aromatic rings. The molecule has 1 aromatic heterocycles. The van der Waals surface area contributed by atoms with Gasteiger partial charge in [0.2, 0.25) is 5.91 Å². The van der Waals surface area contributed by atoms with Crippen molar-refractivity contribution in [2.45, 2.75) is 31.6 Å². The predicted octanol–water partition coefficient (Wildman–Crippen LogP) is 0.190. The fourth-order valence-corrected chi connectivity index (χ4v) is 4.21. The molecule has 1 aliphatic carbocycles. The van der Waals surface area contributed by atoms with Crippen molar-refractivity contribution >= 4 is 22.1 Å². The molecule has 26 heavy (non-hydrogen) atoms. The molecule has 10 heteroatoms. The Morgan fingerprint density at radius 1 is 1.35 bits per heavy atom. The van der Waals surface area contributed by atoms with E-state index in [1.807, 2.05) is 7.05 Å². The maximum absolute atomic E-state index is 12.5. The van der Waals surface area contributed by atoms with E-state index in [4.69, 9.17) is 5.14 Å². The first-order valence-corrected chi connectivity index (χ1v) is 10.0. The fourth-order valence-electron chi connectivity index (χ4n) is 3.54. The van der Waals surface area contributed by atoms with E-state index in [1.165, 1.54) is 12.3 Å². The highest BCUT2D eigenvalue weighted by Crippen LogP contribution is 2.38. The van der Waals surface area contributed by atoms with Crippen molar-refractivity contribution in [1.82, 2.24) is 14.2 Å². The largest absolute Gasteiger partial charge is 0.477 e. The number of aromatic carboxylic acids is 1. The predicted molar refractivity (Wildman–Crippen MR) is 96.2 cm³/mol. The van der Waals surface area contributed by atoms with Gasteiger partial charge in [-0.1, -0.05) is 0 Å². The first kappa shape index (κ1) is 20.4. The molecule has 9 nitrogen and oxygen atoms in total. The lowest BCUT2D eigenvalue weighted by Gasteiger charge is -2.30. The summed E-state index contributed by atoms with van der Waals surface area (Å²) in [6.45, 7) is 1.36. The lowest BCUT2D eigenvalue weighted by atomic mass is 9.78. The summed E-state index contributed by atoms with van der Waals surface area (Å²) in [5.74, 6) is -1.42. The number of nitrogens with two attached hydrogens (primary N) is 1. The molecule has 2 rings (SSSR count). The second-order valence-electron chi connectivity index (χ2n) is 6.68. The van der Waals surface area contributed by atoms with Crippen molar-refractivity contribution in [2.24, 2.45) is 11.1 Å². The molecule has 0 bridgehead atoms. The summed E-state index contributed by atoms with van der Waals surface area (Å²) >= 11 is 0. The highest BCUT2D eigenvalue weighted by Gasteiger charge is 2.32. The third-order valence-corrected chi connectivity index (χ3v) is 5.80. The number of carbonyl (C=O) groups excluding carboxylic acids is 1. The number of hydrogen-bond donors (Lipinski definition) is 3. The Hall–Kier alpha value is -1.91. The summed E-state index contributed by atoms with van der Waals surface area (Å²) in [5.41, 5.74) is 0.148. The van der Waals surface area contributed by atoms with Crippen LogP contribution in [0, 0.1) is 5.92 Å². The molecule has 1 fully saturated rings. The van der Waals surface area contributed by atoms with Gasteiger partial charge in [0, 0.05) is 32.3 Å². The Labute approximate surface area is 153 Å². The van der Waals surface area contributed by atoms with Crippen molar-refractivity contribution in [2.75, 3.05) is 27.2 Å². The topological polar surface area (TPSA) is 135 Å². The van der Waals surface area contributed by atoms with Crippen molar-refractivity contribution in [1.29, 1.82) is 0 Å². The van der Waals surface area contributed by atoms with Crippen LogP contribution in [0.3, 0.4) is 0 Å². The molecule has 1 aliphatic rings. The summed E-state index contributed by atoms with van der Waals surface area (Å²) in [5, 5.41) is 17.5. The van der Waals surface area contributed by atoms with E-state index in [9.17, 15) is 23.1 Å². The molecule has 0 atom stereocenters. The molecular formula is C16H26N4O5S. The van der Waals surface area contributed by atoms with Crippen LogP contribution >= 0.6 is 0 Å². The number of rotatable bonds is 7. The first-order chi connectivity index (χ1) is 12.2. The molecule has 0 spiro atoms. The van der Waals surface area contributed by atoms with E-state index in [0.29, 0.717) is 41.8 Å². The van der Waals surface area contributed by atoms with Crippen LogP contribution in [0.2, 0.25) is 0 Å². The minimum atomic E-state index is -4.17. The molecule has 1 heterocycles. The standard InChI is InChI=1S/C16H26N4O5S/c1-18-8-10-19(2)15(21)12-5-3-11(4-6-12)13-7-9-20(26(17,24)25)14(13)16(22)23/h7,9,11-12,18H,3-6,8,10H2,1-2H3,(H,22,23)(H2,17,24,25). The lowest BCUT2D eigenvalue weighted by Crippen LogP contribution is -2.38. The maximum atomic E-state index is 12.5. The Kier molecular flexibility index (Phi) is 6.43. The molecule has 0 saturated heterocycles. The molecule has 146 valence electrons. The van der Waals surface area contributed by atoms with Gasteiger partial charge in [0.25, 0.3) is 0 Å². The molecule has 0 aliphatic heterocycles. The van der Waals surface area contributed by atoms with Crippen LogP contribution in [0.1, 0.15) is 47.7 Å². The van der Waals surface area contributed by atoms with Crippen molar-refractivity contribution in [3.8, 4) is 0 Å². The zero-order chi connectivity index (χ0) is 19.5. The second-order valence-corrected chi connectivity index (χ2v) is 8.10. The highest BCUT2D eigenvalue weighted by atomic mass is 32.2. The van der Waals surface area contributed by atoms with E-state index in [1.54, 1.807) is 11.9 Å². The number of carboxylic acid groups (broad SMARTS) is 1. The molecule has 4 N–H and O–H groups in total. The van der Waals surface area contributed by atoms with Crippen LogP contribution < -0.4 is 10.5 Å². The van der Waals surface area contributed by atoms with Gasteiger partial charge < -0.3 is 15.3 Å². The van der Waals surface area contributed by atoms with Gasteiger partial charge >= 0.3 is 16.2 Å². The monoisotopic (exact) mass is 386 g/mol. The normalized spacial score (nSPS) is 20.7. The fraction of sp³-hybridized carbons (Fsp3) is 0.625. The van der Waals surface area contributed by atoms with Gasteiger partial charge in [0.15, 0.2) is 0 Å². The first-order valence-electron chi connectivity index (χ1n) is 8.54. The summed E-state index contributed by atoms with van der Waals surface area (Å²) in [7, 11) is -0.563. The number of nitrogens with one attached hydrogen (secondary N) is 1. The number of nitrogens with zero attached hydrogens (tertiary/aromatic N) is 2. The molecule has 1 saturated carbocycles. The third kappa shape index (κ3) is 4.43. The van der Waals surface area contributed by atoms with Crippen molar-refractivity contribution in [3.63, 3.8) is 0 Å². The van der Waals surface area contributed by atoms with Crippen molar-refractivity contribution < 1.29 is 23.1 Å². The van der Waals surface area contributed by atoms with Crippen LogP contribution in [0.15, 0.2) is 12.3 Å². The van der Waals surface area contributed by atoms with E-state index in [2.05, 4.69) is 5.32 Å². The maximum Gasteiger partial charge on any atom is 0.353 e. The van der Waals surface area contributed by atoms with Crippen molar-refractivity contribution in [3.05, 3.63) is 23.5 Å². The van der Waals surface area contributed by atoms with Gasteiger partial charge in [-0.15, -0.1) is 0 Å². The summed E-state index contributed by atoms with van der Waals surface area (Å²) in [6.07, 6.45) is 3.73. The highest BCUT2D eigenvalue weighted by molar-refractivity contribution is 7.87. The number of hydrogen-bond acceptors (Lipinski definition) is 5. The minimum Gasteiger partial charge on any atom is -0.477 e. The van der Waals surface area contributed by atoms with E-state index in [0.717, 1.165) is 6.54 Å². The average Bonchev–Trinajstić information content (AvgIpc) is 3.05. The van der Waals surface area contributed by atoms with Gasteiger partial charge in [-0.25, -0.2) is 13.9 Å². The number of carboxylic acids is 1. The Bertz CT molecular complexity index is 766. The molecular weight excluding hydrogens is 360 g/mol. The summed E-state index contributed by atoms with van der Waals surface area (Å²) in [4.78, 5) is 25.7. The summed E-state index contributed by atoms with van der Waals surface area (Å²) in [6, 6.07) is 1.50. The number of amides is 1. The van der Waals surface area contributed by atoms with Crippen LogP contribution in [-0.4, -0.2) is 61.5 Å². The Morgan fingerprint density at radius 3 is 2.46 bits per heavy atom. The van der Waals surface area contributed by atoms with E-state index in [-0.39, 0.29) is 23.4 Å². The number of likely N-dealkylation sites (N-methyl/N-ethyl adjacent to an activating group) is 2. The Morgan fingerprint density at radius 2 is 1.96 bits per heavy atom. The van der Waals surface area contributed by atoms with Crippen LogP contribution in [-0.2, 0) is 15.0 Å². The summed E-state index contributed by atoms with van der Waals surface area (Å²) < 4.78 is 23.8. The van der Waals surface area contributed by atoms with Gasteiger partial charge in [0.1, 0.15) is 5.69 Å². The average molecular weight is 386 g/mol. The van der Waals surface area contributed by atoms with E-state index < -0.39 is 16.2 Å². The molecule has 1 amide bonds. The minimum absolute atomic E-state index is 0.0817. The quantitative estimate of drug-likeness (QED) is 0.612. The lowest BCUT2D eigenvalue weighted by molar-refractivity contribution is -0.135. The number of carbonyl (C=O) groups is 2. The molecule has 0 aromatic carbocycles. The molecule has 0 radical (unpaired) electrons. The van der Waals surface area contributed by atoms with Gasteiger partial charge in [-0.2, -0.15) is 8.42 Å². The molecule has 0 unspecified atom stereocenters. The van der Waals surface area contributed by atoms with Gasteiger partial charge in [0.05, 0.1) is 0 Å². The van der Waals surface area contributed by atoms with E-state index >= 15 is 0 Å².